The van der Waals surface area contributed by atoms with Crippen molar-refractivity contribution in [1.82, 2.24) is 0 Å². The van der Waals surface area contributed by atoms with Crippen molar-refractivity contribution in [3.05, 3.63) is 109 Å². The van der Waals surface area contributed by atoms with Gasteiger partial charge in [-0.3, -0.25) is 14.4 Å². The van der Waals surface area contributed by atoms with E-state index in [1.165, 1.54) is 186 Å². The van der Waals surface area contributed by atoms with Gasteiger partial charge in [0.05, 0.1) is 0 Å². The Balaban J connectivity index is 4.15. The van der Waals surface area contributed by atoms with Crippen molar-refractivity contribution in [1.29, 1.82) is 0 Å². The van der Waals surface area contributed by atoms with Gasteiger partial charge in [0.2, 0.25) is 0 Å². The van der Waals surface area contributed by atoms with E-state index in [0.717, 1.165) is 116 Å². The van der Waals surface area contributed by atoms with Crippen molar-refractivity contribution in [3.63, 3.8) is 0 Å². The molecule has 0 radical (unpaired) electrons. The Hall–Kier alpha value is -3.93. The highest BCUT2D eigenvalue weighted by Crippen LogP contribution is 2.17. The molecular formula is C77H132O6. The fraction of sp³-hybridized carbons (Fsp3) is 0.727. The Bertz CT molecular complexity index is 1660. The molecule has 0 rings (SSSR count). The average molecular weight is 1150 g/mol. The summed E-state index contributed by atoms with van der Waals surface area (Å²) in [5.41, 5.74) is 0. The highest BCUT2D eigenvalue weighted by atomic mass is 16.6. The van der Waals surface area contributed by atoms with Crippen molar-refractivity contribution in [2.75, 3.05) is 13.2 Å². The number of esters is 3. The number of carbonyl (C=O) groups is 3. The third kappa shape index (κ3) is 68.7. The van der Waals surface area contributed by atoms with Gasteiger partial charge in [-0.05, 0) is 103 Å². The predicted molar refractivity (Wildman–Crippen MR) is 362 cm³/mol. The van der Waals surface area contributed by atoms with E-state index in [4.69, 9.17) is 14.2 Å². The van der Waals surface area contributed by atoms with E-state index in [2.05, 4.69) is 130 Å². The number of ether oxygens (including phenoxy) is 3. The number of unbranched alkanes of at least 4 members (excludes halogenated alkanes) is 35. The summed E-state index contributed by atoms with van der Waals surface area (Å²) in [7, 11) is 0. The van der Waals surface area contributed by atoms with Crippen LogP contribution in [0, 0.1) is 0 Å². The molecule has 0 aliphatic carbocycles. The summed E-state index contributed by atoms with van der Waals surface area (Å²) >= 11 is 0. The van der Waals surface area contributed by atoms with Gasteiger partial charge in [-0.15, -0.1) is 0 Å². The van der Waals surface area contributed by atoms with Crippen LogP contribution in [-0.4, -0.2) is 37.2 Å². The summed E-state index contributed by atoms with van der Waals surface area (Å²) in [5, 5.41) is 0. The lowest BCUT2D eigenvalue weighted by Crippen LogP contribution is -2.30. The zero-order valence-corrected chi connectivity index (χ0v) is 54.7. The molecule has 0 saturated carbocycles. The minimum absolute atomic E-state index is 0.0744. The third-order valence-electron chi connectivity index (χ3n) is 15.3. The van der Waals surface area contributed by atoms with Gasteiger partial charge in [0.1, 0.15) is 13.2 Å². The maximum atomic E-state index is 12.9. The minimum atomic E-state index is -0.777. The molecule has 0 spiro atoms. The van der Waals surface area contributed by atoms with E-state index in [1.807, 2.05) is 0 Å². The van der Waals surface area contributed by atoms with Crippen LogP contribution < -0.4 is 0 Å². The molecule has 1 unspecified atom stereocenters. The van der Waals surface area contributed by atoms with Crippen molar-refractivity contribution in [3.8, 4) is 0 Å². The highest BCUT2D eigenvalue weighted by molar-refractivity contribution is 5.71. The molecule has 1 atom stereocenters. The van der Waals surface area contributed by atoms with Crippen LogP contribution in [0.15, 0.2) is 109 Å². The van der Waals surface area contributed by atoms with Crippen molar-refractivity contribution in [2.24, 2.45) is 0 Å². The zero-order valence-electron chi connectivity index (χ0n) is 54.7. The molecule has 0 heterocycles. The first kappa shape index (κ1) is 79.1. The average Bonchev–Trinajstić information content (AvgIpc) is 3.49. The molecule has 0 aliphatic heterocycles. The van der Waals surface area contributed by atoms with Gasteiger partial charge in [-0.25, -0.2) is 0 Å². The lowest BCUT2D eigenvalue weighted by atomic mass is 10.0. The lowest BCUT2D eigenvalue weighted by Gasteiger charge is -2.18. The summed E-state index contributed by atoms with van der Waals surface area (Å²) in [5.74, 6) is -0.865. The molecule has 83 heavy (non-hydrogen) atoms. The summed E-state index contributed by atoms with van der Waals surface area (Å²) in [6.07, 6.45) is 97.0. The molecule has 0 aromatic heterocycles. The topological polar surface area (TPSA) is 78.9 Å². The normalized spacial score (nSPS) is 12.8. The second kappa shape index (κ2) is 70.6. The SMILES string of the molecule is CC/C=C\C/C=C\C/C=C\C/C=C\C/C=C\CCCCCCCCCCCCCCCC(=O)OCC(COC(=O)CCCCCCCCCCC)OC(=O)CCCCCCCCCCCCCCCC/C=C\C/C=C\C/C=C\C/C=C\CC. The molecule has 0 amide bonds. The molecule has 6 nitrogen and oxygen atoms in total. The summed E-state index contributed by atoms with van der Waals surface area (Å²) < 4.78 is 16.9. The quantitative estimate of drug-likeness (QED) is 0.0261. The second-order valence-corrected chi connectivity index (χ2v) is 23.4. The Morgan fingerprint density at radius 3 is 0.735 bits per heavy atom. The first-order valence-corrected chi connectivity index (χ1v) is 35.4. The Labute approximate surface area is 514 Å². The minimum Gasteiger partial charge on any atom is -0.462 e. The Morgan fingerprint density at radius 1 is 0.253 bits per heavy atom. The van der Waals surface area contributed by atoms with Gasteiger partial charge >= 0.3 is 17.9 Å². The van der Waals surface area contributed by atoms with E-state index in [1.54, 1.807) is 0 Å². The molecule has 0 aromatic rings. The fourth-order valence-electron chi connectivity index (χ4n) is 10.1. The number of allylic oxidation sites excluding steroid dienone is 18. The van der Waals surface area contributed by atoms with Crippen molar-refractivity contribution < 1.29 is 28.6 Å². The Kier molecular flexibility index (Phi) is 67.2. The van der Waals surface area contributed by atoms with Gasteiger partial charge in [0.25, 0.3) is 0 Å². The van der Waals surface area contributed by atoms with Gasteiger partial charge in [-0.2, -0.15) is 0 Å². The monoisotopic (exact) mass is 1150 g/mol. The maximum Gasteiger partial charge on any atom is 0.306 e. The Morgan fingerprint density at radius 2 is 0.470 bits per heavy atom. The van der Waals surface area contributed by atoms with E-state index in [9.17, 15) is 14.4 Å². The maximum absolute atomic E-state index is 12.9. The van der Waals surface area contributed by atoms with Gasteiger partial charge in [0, 0.05) is 19.3 Å². The number of hydrogen-bond acceptors (Lipinski definition) is 6. The molecule has 476 valence electrons. The number of hydrogen-bond donors (Lipinski definition) is 0. The number of carbonyl (C=O) groups excluding carboxylic acids is 3. The van der Waals surface area contributed by atoms with Crippen molar-refractivity contribution >= 4 is 17.9 Å². The molecule has 0 fully saturated rings. The molecular weight excluding hydrogens is 1020 g/mol. The molecule has 0 aliphatic rings. The van der Waals surface area contributed by atoms with Crippen molar-refractivity contribution in [2.45, 2.75) is 348 Å². The molecule has 0 aromatic carbocycles. The molecule has 6 heteroatoms. The zero-order chi connectivity index (χ0) is 59.9. The van der Waals surface area contributed by atoms with Gasteiger partial charge in [-0.1, -0.05) is 329 Å². The van der Waals surface area contributed by atoms with E-state index >= 15 is 0 Å². The van der Waals surface area contributed by atoms with Crippen LogP contribution in [0.25, 0.3) is 0 Å². The van der Waals surface area contributed by atoms with E-state index in [0.29, 0.717) is 19.3 Å². The predicted octanol–water partition coefficient (Wildman–Crippen LogP) is 24.6. The van der Waals surface area contributed by atoms with Crippen LogP contribution >= 0.6 is 0 Å². The number of rotatable bonds is 64. The molecule has 0 N–H and O–H groups in total. The van der Waals surface area contributed by atoms with Crippen LogP contribution in [0.2, 0.25) is 0 Å². The van der Waals surface area contributed by atoms with Crippen LogP contribution in [0.1, 0.15) is 342 Å². The highest BCUT2D eigenvalue weighted by Gasteiger charge is 2.19. The van der Waals surface area contributed by atoms with E-state index < -0.39 is 6.10 Å². The largest absolute Gasteiger partial charge is 0.462 e. The second-order valence-electron chi connectivity index (χ2n) is 23.4. The fourth-order valence-corrected chi connectivity index (χ4v) is 10.1. The summed E-state index contributed by atoms with van der Waals surface area (Å²) in [6, 6.07) is 0. The smallest absolute Gasteiger partial charge is 0.306 e. The standard InChI is InChI=1S/C77H132O6/c1-4-7-10-13-16-19-21-23-25-27-29-31-33-35-37-38-40-41-43-45-47-49-51-53-55-58-61-64-67-70-76(79)82-73-74(72-81-75(78)69-66-63-60-57-18-15-12-9-6-3)83-77(80)71-68-65-62-59-56-54-52-50-48-46-44-42-39-36-34-32-30-28-26-24-22-20-17-14-11-8-5-2/h7-8,10-11,16-17,19-20,23-26,29-32,35,37,74H,4-6,9,12-15,18,21-22,27-28,33-34,36,38-73H2,1-3H3/b10-7-,11-8-,19-16-,20-17-,25-23-,26-24-,31-29-,32-30-,37-35-. The van der Waals surface area contributed by atoms with Crippen LogP contribution in [0.4, 0.5) is 0 Å². The first-order chi connectivity index (χ1) is 41.0. The van der Waals surface area contributed by atoms with Crippen LogP contribution in [0.3, 0.4) is 0 Å². The molecule has 0 bridgehead atoms. The third-order valence-corrected chi connectivity index (χ3v) is 15.3. The van der Waals surface area contributed by atoms with Gasteiger partial charge in [0.15, 0.2) is 6.10 Å². The first-order valence-electron chi connectivity index (χ1n) is 35.4. The summed E-state index contributed by atoms with van der Waals surface area (Å²) in [6.45, 7) is 6.43. The van der Waals surface area contributed by atoms with E-state index in [-0.39, 0.29) is 31.1 Å². The van der Waals surface area contributed by atoms with Crippen LogP contribution in [0.5, 0.6) is 0 Å². The lowest BCUT2D eigenvalue weighted by molar-refractivity contribution is -0.167. The molecule has 0 saturated heterocycles. The summed E-state index contributed by atoms with van der Waals surface area (Å²) in [4.78, 5) is 38.3. The van der Waals surface area contributed by atoms with Gasteiger partial charge < -0.3 is 14.2 Å². The van der Waals surface area contributed by atoms with Crippen LogP contribution in [-0.2, 0) is 28.6 Å².